The van der Waals surface area contributed by atoms with Crippen LogP contribution in [0.15, 0.2) is 48.5 Å². The molecule has 86 valence electrons. The van der Waals surface area contributed by atoms with Crippen molar-refractivity contribution in [3.63, 3.8) is 0 Å². The number of hydrogen-bond acceptors (Lipinski definition) is 1. The minimum absolute atomic E-state index is 0.389. The topological polar surface area (TPSA) is 43.1 Å². The number of rotatable bonds is 3. The second kappa shape index (κ2) is 4.83. The highest BCUT2D eigenvalue weighted by atomic mass is 16.1. The zero-order chi connectivity index (χ0) is 12.3. The number of benzene rings is 2. The van der Waals surface area contributed by atoms with E-state index in [4.69, 9.17) is 5.73 Å². The van der Waals surface area contributed by atoms with E-state index in [2.05, 4.69) is 19.1 Å². The van der Waals surface area contributed by atoms with Crippen molar-refractivity contribution >= 4 is 5.91 Å². The summed E-state index contributed by atoms with van der Waals surface area (Å²) in [5.74, 6) is -0.389. The summed E-state index contributed by atoms with van der Waals surface area (Å²) < 4.78 is 0. The average Bonchev–Trinajstić information content (AvgIpc) is 2.39. The van der Waals surface area contributed by atoms with Gasteiger partial charge in [-0.05, 0) is 29.2 Å². The number of hydrogen-bond donors (Lipinski definition) is 1. The van der Waals surface area contributed by atoms with Crippen molar-refractivity contribution in [1.29, 1.82) is 0 Å². The van der Waals surface area contributed by atoms with Gasteiger partial charge in [0.15, 0.2) is 0 Å². The molecule has 0 spiro atoms. The van der Waals surface area contributed by atoms with Gasteiger partial charge in [0, 0.05) is 5.56 Å². The summed E-state index contributed by atoms with van der Waals surface area (Å²) in [6.45, 7) is 2.12. The molecule has 0 unspecified atom stereocenters. The van der Waals surface area contributed by atoms with Crippen LogP contribution < -0.4 is 5.73 Å². The second-order valence-electron chi connectivity index (χ2n) is 3.96. The Balaban J connectivity index is 2.48. The summed E-state index contributed by atoms with van der Waals surface area (Å²) in [4.78, 5) is 11.3. The highest BCUT2D eigenvalue weighted by molar-refractivity contribution is 5.99. The number of nitrogens with two attached hydrogens (primary N) is 1. The lowest BCUT2D eigenvalue weighted by atomic mass is 9.98. The van der Waals surface area contributed by atoms with Crippen molar-refractivity contribution in [3.05, 3.63) is 59.7 Å². The van der Waals surface area contributed by atoms with Crippen molar-refractivity contribution < 1.29 is 4.79 Å². The lowest BCUT2D eigenvalue weighted by Gasteiger charge is -2.07. The van der Waals surface area contributed by atoms with Crippen LogP contribution in [-0.4, -0.2) is 5.91 Å². The molecule has 2 N–H and O–H groups in total. The van der Waals surface area contributed by atoms with Gasteiger partial charge >= 0.3 is 0 Å². The van der Waals surface area contributed by atoms with E-state index in [1.165, 1.54) is 5.56 Å². The van der Waals surface area contributed by atoms with E-state index in [0.29, 0.717) is 5.56 Å². The lowest BCUT2D eigenvalue weighted by Crippen LogP contribution is -2.12. The molecule has 2 nitrogen and oxygen atoms in total. The maximum Gasteiger partial charge on any atom is 0.249 e. The van der Waals surface area contributed by atoms with E-state index in [1.54, 1.807) is 6.07 Å². The number of aryl methyl sites for hydroxylation is 1. The lowest BCUT2D eigenvalue weighted by molar-refractivity contribution is 0.100. The Hall–Kier alpha value is -2.09. The van der Waals surface area contributed by atoms with Gasteiger partial charge in [0.2, 0.25) is 5.91 Å². The van der Waals surface area contributed by atoms with E-state index < -0.39 is 0 Å². The van der Waals surface area contributed by atoms with Crippen LogP contribution in [0.4, 0.5) is 0 Å². The fraction of sp³-hybridized carbons (Fsp3) is 0.133. The Kier molecular flexibility index (Phi) is 3.24. The normalized spacial score (nSPS) is 10.2. The predicted octanol–water partition coefficient (Wildman–Crippen LogP) is 3.01. The molecule has 0 atom stereocenters. The van der Waals surface area contributed by atoms with Crippen molar-refractivity contribution in [2.45, 2.75) is 13.3 Å². The van der Waals surface area contributed by atoms with Crippen molar-refractivity contribution in [2.24, 2.45) is 5.73 Å². The molecule has 0 aliphatic rings. The third-order valence-electron chi connectivity index (χ3n) is 2.87. The van der Waals surface area contributed by atoms with E-state index in [0.717, 1.165) is 17.5 Å². The van der Waals surface area contributed by atoms with Gasteiger partial charge in [0.25, 0.3) is 0 Å². The molecule has 0 aromatic heterocycles. The maximum atomic E-state index is 11.3. The van der Waals surface area contributed by atoms with Gasteiger partial charge in [-0.3, -0.25) is 4.79 Å². The fourth-order valence-corrected chi connectivity index (χ4v) is 1.87. The summed E-state index contributed by atoms with van der Waals surface area (Å²) in [6.07, 6.45) is 1.01. The van der Waals surface area contributed by atoms with Crippen LogP contribution in [0.25, 0.3) is 11.1 Å². The van der Waals surface area contributed by atoms with Gasteiger partial charge < -0.3 is 5.73 Å². The van der Waals surface area contributed by atoms with Gasteiger partial charge in [0.1, 0.15) is 0 Å². The first-order valence-corrected chi connectivity index (χ1v) is 5.70. The van der Waals surface area contributed by atoms with Crippen LogP contribution in [-0.2, 0) is 6.42 Å². The Morgan fingerprint density at radius 1 is 1.06 bits per heavy atom. The van der Waals surface area contributed by atoms with Crippen LogP contribution >= 0.6 is 0 Å². The smallest absolute Gasteiger partial charge is 0.249 e. The van der Waals surface area contributed by atoms with Crippen LogP contribution in [0.2, 0.25) is 0 Å². The predicted molar refractivity (Wildman–Crippen MR) is 69.8 cm³/mol. The maximum absolute atomic E-state index is 11.3. The molecule has 0 fully saturated rings. The molecule has 2 aromatic rings. The summed E-state index contributed by atoms with van der Waals surface area (Å²) in [5.41, 5.74) is 9.13. The zero-order valence-electron chi connectivity index (χ0n) is 9.81. The first-order valence-electron chi connectivity index (χ1n) is 5.70. The third kappa shape index (κ3) is 2.36. The van der Waals surface area contributed by atoms with Gasteiger partial charge in [0.05, 0.1) is 0 Å². The van der Waals surface area contributed by atoms with Gasteiger partial charge in [-0.2, -0.15) is 0 Å². The molecule has 1 amide bonds. The van der Waals surface area contributed by atoms with E-state index in [9.17, 15) is 4.79 Å². The fourth-order valence-electron chi connectivity index (χ4n) is 1.87. The van der Waals surface area contributed by atoms with E-state index in [-0.39, 0.29) is 5.91 Å². The molecule has 0 radical (unpaired) electrons. The minimum Gasteiger partial charge on any atom is -0.366 e. The molecule has 0 aliphatic heterocycles. The van der Waals surface area contributed by atoms with Crippen LogP contribution in [0, 0.1) is 0 Å². The molecule has 0 aliphatic carbocycles. The molecule has 2 rings (SSSR count). The minimum atomic E-state index is -0.389. The Morgan fingerprint density at radius 2 is 1.71 bits per heavy atom. The standard InChI is InChI=1S/C15H15NO/c1-2-11-7-9-12(10-8-11)13-5-3-4-6-14(13)15(16)17/h3-10H,2H2,1H3,(H2,16,17). The zero-order valence-corrected chi connectivity index (χ0v) is 9.81. The highest BCUT2D eigenvalue weighted by Crippen LogP contribution is 2.23. The largest absolute Gasteiger partial charge is 0.366 e. The van der Waals surface area contributed by atoms with Crippen molar-refractivity contribution in [1.82, 2.24) is 0 Å². The summed E-state index contributed by atoms with van der Waals surface area (Å²) in [6, 6.07) is 15.6. The van der Waals surface area contributed by atoms with Crippen molar-refractivity contribution in [3.8, 4) is 11.1 Å². The van der Waals surface area contributed by atoms with Crippen LogP contribution in [0.5, 0.6) is 0 Å². The molecular formula is C15H15NO. The molecule has 0 bridgehead atoms. The van der Waals surface area contributed by atoms with Gasteiger partial charge in [-0.25, -0.2) is 0 Å². The Bertz CT molecular complexity index is 529. The molecule has 0 saturated heterocycles. The number of carbonyl (C=O) groups excluding carboxylic acids is 1. The van der Waals surface area contributed by atoms with Gasteiger partial charge in [-0.1, -0.05) is 49.4 Å². The number of carbonyl (C=O) groups is 1. The SMILES string of the molecule is CCc1ccc(-c2ccccc2C(N)=O)cc1. The number of primary amides is 1. The molecule has 0 saturated carbocycles. The molecule has 2 aromatic carbocycles. The van der Waals surface area contributed by atoms with Crippen LogP contribution in [0.3, 0.4) is 0 Å². The quantitative estimate of drug-likeness (QED) is 0.857. The molecular weight excluding hydrogens is 210 g/mol. The first kappa shape index (κ1) is 11.4. The number of amides is 1. The highest BCUT2D eigenvalue weighted by Gasteiger charge is 2.08. The first-order chi connectivity index (χ1) is 8.22. The van der Waals surface area contributed by atoms with E-state index in [1.807, 2.05) is 30.3 Å². The van der Waals surface area contributed by atoms with E-state index >= 15 is 0 Å². The van der Waals surface area contributed by atoms with Gasteiger partial charge in [-0.15, -0.1) is 0 Å². The average molecular weight is 225 g/mol. The summed E-state index contributed by atoms with van der Waals surface area (Å²) >= 11 is 0. The van der Waals surface area contributed by atoms with Crippen LogP contribution in [0.1, 0.15) is 22.8 Å². The Labute approximate surface area is 101 Å². The van der Waals surface area contributed by atoms with Crippen molar-refractivity contribution in [2.75, 3.05) is 0 Å². The third-order valence-corrected chi connectivity index (χ3v) is 2.87. The summed E-state index contributed by atoms with van der Waals surface area (Å²) in [5, 5.41) is 0. The Morgan fingerprint density at radius 3 is 2.29 bits per heavy atom. The molecule has 2 heteroatoms. The monoisotopic (exact) mass is 225 g/mol. The molecule has 0 heterocycles. The molecule has 17 heavy (non-hydrogen) atoms. The summed E-state index contributed by atoms with van der Waals surface area (Å²) in [7, 11) is 0. The second-order valence-corrected chi connectivity index (χ2v) is 3.96.